The summed E-state index contributed by atoms with van der Waals surface area (Å²) in [6.07, 6.45) is -4.77. The maximum atomic E-state index is 15.8. The van der Waals surface area contributed by atoms with E-state index in [0.717, 1.165) is 65.2 Å². The highest BCUT2D eigenvalue weighted by molar-refractivity contribution is 6.26. The third-order valence-electron chi connectivity index (χ3n) is 11.6. The van der Waals surface area contributed by atoms with Gasteiger partial charge in [0.1, 0.15) is 22.3 Å². The minimum Gasteiger partial charge on any atom is -0.456 e. The van der Waals surface area contributed by atoms with Crippen LogP contribution in [-0.4, -0.2) is 9.13 Å². The molecule has 0 saturated heterocycles. The molecule has 0 bridgehead atoms. The van der Waals surface area contributed by atoms with E-state index in [-0.39, 0.29) is 16.7 Å². The third kappa shape index (κ3) is 4.41. The summed E-state index contributed by atoms with van der Waals surface area (Å²) in [4.78, 5) is 0. The number of aromatic nitrogens is 2. The first-order valence-corrected chi connectivity index (χ1v) is 18.8. The predicted molar refractivity (Wildman–Crippen MR) is 225 cm³/mol. The summed E-state index contributed by atoms with van der Waals surface area (Å²) in [5.41, 5.74) is 6.29. The highest BCUT2D eigenvalue weighted by Crippen LogP contribution is 2.48. The van der Waals surface area contributed by atoms with Gasteiger partial charge in [0.25, 0.3) is 0 Å². The van der Waals surface area contributed by atoms with E-state index in [4.69, 9.17) is 8.83 Å². The molecule has 274 valence electrons. The van der Waals surface area contributed by atoms with Crippen LogP contribution in [0.2, 0.25) is 0 Å². The van der Waals surface area contributed by atoms with Crippen LogP contribution < -0.4 is 0 Å². The lowest BCUT2D eigenvalue weighted by atomic mass is 9.95. The second kappa shape index (κ2) is 11.6. The Balaban J connectivity index is 1.35. The zero-order valence-corrected chi connectivity index (χ0v) is 30.3. The molecule has 0 N–H and O–H groups in total. The van der Waals surface area contributed by atoms with Gasteiger partial charge in [-0.25, -0.2) is 0 Å². The lowest BCUT2D eigenvalue weighted by Crippen LogP contribution is -2.12. The van der Waals surface area contributed by atoms with E-state index in [1.54, 1.807) is 24.3 Å². The Hall–Kier alpha value is -7.76. The molecule has 8 heteroatoms. The zero-order chi connectivity index (χ0) is 38.9. The van der Waals surface area contributed by atoms with E-state index in [1.165, 1.54) is 12.1 Å². The predicted octanol–water partition coefficient (Wildman–Crippen LogP) is 14.2. The van der Waals surface area contributed by atoms with Crippen molar-refractivity contribution >= 4 is 87.5 Å². The van der Waals surface area contributed by atoms with Crippen LogP contribution in [0.3, 0.4) is 0 Å². The molecule has 0 radical (unpaired) electrons. The molecule has 0 fully saturated rings. The number of hydrogen-bond donors (Lipinski definition) is 0. The maximum absolute atomic E-state index is 15.8. The molecule has 0 aliphatic carbocycles. The summed E-state index contributed by atoms with van der Waals surface area (Å²) >= 11 is 0. The molecule has 4 aromatic heterocycles. The van der Waals surface area contributed by atoms with E-state index in [0.29, 0.717) is 33.7 Å². The third-order valence-corrected chi connectivity index (χ3v) is 11.6. The number of rotatable bonds is 3. The van der Waals surface area contributed by atoms with Crippen LogP contribution in [0.15, 0.2) is 167 Å². The second-order valence-electron chi connectivity index (χ2n) is 14.6. The van der Waals surface area contributed by atoms with Gasteiger partial charge in [-0.3, -0.25) is 0 Å². The Kier molecular flexibility index (Phi) is 6.52. The van der Waals surface area contributed by atoms with Crippen molar-refractivity contribution in [1.29, 1.82) is 5.26 Å². The Morgan fingerprint density at radius 2 is 0.966 bits per heavy atom. The number of fused-ring (bicyclic) bond motifs is 14. The fourth-order valence-electron chi connectivity index (χ4n) is 9.20. The highest BCUT2D eigenvalue weighted by atomic mass is 19.4. The molecule has 4 heterocycles. The van der Waals surface area contributed by atoms with Crippen molar-refractivity contribution in [3.8, 4) is 28.6 Å². The van der Waals surface area contributed by atoms with Gasteiger partial charge in [0, 0.05) is 32.3 Å². The maximum Gasteiger partial charge on any atom is 0.417 e. The monoisotopic (exact) mass is 757 g/mol. The van der Waals surface area contributed by atoms with Gasteiger partial charge in [-0.2, -0.15) is 18.4 Å². The van der Waals surface area contributed by atoms with Crippen molar-refractivity contribution < 1.29 is 22.0 Å². The van der Waals surface area contributed by atoms with Crippen LogP contribution in [-0.2, 0) is 6.18 Å². The second-order valence-corrected chi connectivity index (χ2v) is 14.6. The largest absolute Gasteiger partial charge is 0.456 e. The number of halogens is 3. The van der Waals surface area contributed by atoms with E-state index >= 15 is 13.2 Å². The quantitative estimate of drug-likeness (QED) is 0.180. The van der Waals surface area contributed by atoms with Crippen molar-refractivity contribution in [1.82, 2.24) is 9.13 Å². The highest BCUT2D eigenvalue weighted by Gasteiger charge is 2.36. The molecule has 12 aromatic rings. The van der Waals surface area contributed by atoms with Crippen LogP contribution in [0.25, 0.3) is 110 Å². The molecule has 0 saturated carbocycles. The molecule has 0 atom stereocenters. The van der Waals surface area contributed by atoms with E-state index < -0.39 is 11.7 Å². The molecule has 0 aliphatic rings. The molecule has 12 rings (SSSR count). The number of furan rings is 2. The van der Waals surface area contributed by atoms with Gasteiger partial charge >= 0.3 is 6.18 Å². The number of hydrogen-bond acceptors (Lipinski definition) is 3. The van der Waals surface area contributed by atoms with Crippen molar-refractivity contribution in [2.24, 2.45) is 0 Å². The lowest BCUT2D eigenvalue weighted by molar-refractivity contribution is -0.137. The molecule has 0 aliphatic heterocycles. The first-order chi connectivity index (χ1) is 28.4. The Labute approximate surface area is 326 Å². The van der Waals surface area contributed by atoms with Crippen molar-refractivity contribution in [3.05, 3.63) is 169 Å². The summed E-state index contributed by atoms with van der Waals surface area (Å²) in [5, 5.41) is 16.9. The molecular formula is C50H26F3N3O2. The van der Waals surface area contributed by atoms with E-state index in [2.05, 4.69) is 10.6 Å². The van der Waals surface area contributed by atoms with Gasteiger partial charge < -0.3 is 18.0 Å². The number of nitrogens with zero attached hydrogens (tertiary/aromatic N) is 3. The first kappa shape index (κ1) is 32.5. The van der Waals surface area contributed by atoms with Crippen molar-refractivity contribution in [3.63, 3.8) is 0 Å². The standard InChI is InChI=1S/C50H26F3N3O2/c51-50(52,53)37-26-41(56-39-17-6-2-13-31(39)33-21-23-45-47(49(33)56)35-15-4-8-19-43(35)58-45)40(25-36(37)29-11-9-10-28(24-29)27-54)55-38-16-5-1-12-30(38)32-20-22-44-46(48(32)55)34-14-3-7-18-42(34)57-44/h1-26H. The van der Waals surface area contributed by atoms with Crippen LogP contribution in [0.4, 0.5) is 13.2 Å². The fourth-order valence-corrected chi connectivity index (χ4v) is 9.20. The van der Waals surface area contributed by atoms with E-state index in [1.807, 2.05) is 126 Å². The number of para-hydroxylation sites is 4. The van der Waals surface area contributed by atoms with Crippen LogP contribution in [0.5, 0.6) is 0 Å². The Bertz CT molecular complexity index is 3760. The summed E-state index contributed by atoms with van der Waals surface area (Å²) in [5.74, 6) is 0. The van der Waals surface area contributed by atoms with Gasteiger partial charge in [0.05, 0.1) is 61.4 Å². The van der Waals surface area contributed by atoms with Crippen LogP contribution >= 0.6 is 0 Å². The smallest absolute Gasteiger partial charge is 0.417 e. The summed E-state index contributed by atoms with van der Waals surface area (Å²) in [6, 6.07) is 50.7. The van der Waals surface area contributed by atoms with Gasteiger partial charge in [0.15, 0.2) is 0 Å². The number of benzene rings is 8. The lowest BCUT2D eigenvalue weighted by Gasteiger charge is -2.22. The molecule has 8 aromatic carbocycles. The normalized spacial score (nSPS) is 12.4. The van der Waals surface area contributed by atoms with Crippen molar-refractivity contribution in [2.45, 2.75) is 6.18 Å². The van der Waals surface area contributed by atoms with E-state index in [9.17, 15) is 5.26 Å². The summed E-state index contributed by atoms with van der Waals surface area (Å²) in [6.45, 7) is 0. The average molecular weight is 758 g/mol. The SMILES string of the molecule is N#Cc1cccc(-c2cc(-n3c4ccccc4c4ccc5oc6ccccc6c5c43)c(-n3c4ccccc4c4ccc5oc6ccccc6c5c43)cc2C(F)(F)F)c1. The van der Waals surface area contributed by atoms with Gasteiger partial charge in [-0.1, -0.05) is 84.9 Å². The topological polar surface area (TPSA) is 59.9 Å². The zero-order valence-electron chi connectivity index (χ0n) is 30.3. The molecule has 0 amide bonds. The fraction of sp³-hybridized carbons (Fsp3) is 0.0200. The van der Waals surface area contributed by atoms with Gasteiger partial charge in [-0.15, -0.1) is 0 Å². The molecule has 0 spiro atoms. The summed E-state index contributed by atoms with van der Waals surface area (Å²) in [7, 11) is 0. The average Bonchev–Trinajstić information content (AvgIpc) is 4.00. The number of alkyl halides is 3. The minimum atomic E-state index is -4.77. The molecule has 58 heavy (non-hydrogen) atoms. The Morgan fingerprint density at radius 1 is 0.466 bits per heavy atom. The molecule has 0 unspecified atom stereocenters. The summed E-state index contributed by atoms with van der Waals surface area (Å²) < 4.78 is 64.2. The number of nitriles is 1. The molecular weight excluding hydrogens is 732 g/mol. The van der Waals surface area contributed by atoms with Crippen LogP contribution in [0.1, 0.15) is 11.1 Å². The Morgan fingerprint density at radius 3 is 1.50 bits per heavy atom. The minimum absolute atomic E-state index is 0.0433. The van der Waals surface area contributed by atoms with Crippen LogP contribution in [0, 0.1) is 11.3 Å². The van der Waals surface area contributed by atoms with Crippen molar-refractivity contribution in [2.75, 3.05) is 0 Å². The van der Waals surface area contributed by atoms with Gasteiger partial charge in [-0.05, 0) is 83.9 Å². The first-order valence-electron chi connectivity index (χ1n) is 18.8. The van der Waals surface area contributed by atoms with Gasteiger partial charge in [0.2, 0.25) is 0 Å². The molecule has 5 nitrogen and oxygen atoms in total.